The summed E-state index contributed by atoms with van der Waals surface area (Å²) in [4.78, 5) is 14.3. The Labute approximate surface area is 114 Å². The van der Waals surface area contributed by atoms with Crippen LogP contribution in [0.15, 0.2) is 28.7 Å². The normalized spacial score (nSPS) is 12.2. The van der Waals surface area contributed by atoms with Crippen molar-refractivity contribution < 1.29 is 9.34 Å². The summed E-state index contributed by atoms with van der Waals surface area (Å²) in [5, 5.41) is 14.0. The van der Waals surface area contributed by atoms with Crippen LogP contribution in [0.4, 0.5) is 11.5 Å². The minimum Gasteiger partial charge on any atom is -0.464 e. The highest BCUT2D eigenvalue weighted by atomic mass is 35.5. The number of aryl methyl sites for hydroxylation is 1. The number of nitrogens with zero attached hydrogens (tertiary/aromatic N) is 2. The van der Waals surface area contributed by atoms with Crippen LogP contribution >= 0.6 is 11.6 Å². The van der Waals surface area contributed by atoms with Crippen molar-refractivity contribution in [3.63, 3.8) is 0 Å². The highest BCUT2D eigenvalue weighted by Gasteiger charge is 2.19. The lowest BCUT2D eigenvalue weighted by Crippen LogP contribution is -2.09. The van der Waals surface area contributed by atoms with Crippen molar-refractivity contribution in [2.75, 3.05) is 5.32 Å². The zero-order chi connectivity index (χ0) is 14.0. The van der Waals surface area contributed by atoms with E-state index < -0.39 is 4.92 Å². The Hall–Kier alpha value is -2.08. The first kappa shape index (κ1) is 13.4. The highest BCUT2D eigenvalue weighted by Crippen LogP contribution is 2.28. The average molecular weight is 282 g/mol. The zero-order valence-electron chi connectivity index (χ0n) is 10.4. The van der Waals surface area contributed by atoms with E-state index in [9.17, 15) is 10.1 Å². The fraction of sp³-hybridized carbons (Fsp3) is 0.250. The van der Waals surface area contributed by atoms with Gasteiger partial charge in [0.2, 0.25) is 5.82 Å². The number of pyridine rings is 1. The molecule has 2 aromatic heterocycles. The van der Waals surface area contributed by atoms with Crippen LogP contribution in [0.2, 0.25) is 5.15 Å². The van der Waals surface area contributed by atoms with Gasteiger partial charge in [0, 0.05) is 6.07 Å². The van der Waals surface area contributed by atoms with Gasteiger partial charge < -0.3 is 9.73 Å². The third-order valence-corrected chi connectivity index (χ3v) is 2.79. The van der Waals surface area contributed by atoms with E-state index in [0.29, 0.717) is 5.76 Å². The number of hydrogen-bond acceptors (Lipinski definition) is 5. The first-order valence-electron chi connectivity index (χ1n) is 5.61. The largest absolute Gasteiger partial charge is 0.464 e. The van der Waals surface area contributed by atoms with E-state index in [0.717, 1.165) is 5.76 Å². The van der Waals surface area contributed by atoms with E-state index in [1.54, 1.807) is 0 Å². The molecule has 0 aromatic carbocycles. The molecule has 7 heteroatoms. The van der Waals surface area contributed by atoms with Gasteiger partial charge in [-0.15, -0.1) is 0 Å². The smallest absolute Gasteiger partial charge is 0.311 e. The molecule has 2 aromatic rings. The van der Waals surface area contributed by atoms with Gasteiger partial charge in [-0.05, 0) is 32.0 Å². The molecule has 2 heterocycles. The Balaban J connectivity index is 2.27. The number of rotatable bonds is 4. The number of anilines is 1. The quantitative estimate of drug-likeness (QED) is 0.525. The zero-order valence-corrected chi connectivity index (χ0v) is 11.1. The molecule has 1 atom stereocenters. The molecule has 0 aliphatic heterocycles. The van der Waals surface area contributed by atoms with E-state index in [4.69, 9.17) is 16.0 Å². The van der Waals surface area contributed by atoms with Crippen molar-refractivity contribution in [1.29, 1.82) is 0 Å². The van der Waals surface area contributed by atoms with E-state index in [2.05, 4.69) is 10.3 Å². The average Bonchev–Trinajstić information content (AvgIpc) is 2.75. The molecule has 0 radical (unpaired) electrons. The lowest BCUT2D eigenvalue weighted by Gasteiger charge is -2.12. The molecule has 0 aliphatic rings. The van der Waals surface area contributed by atoms with Crippen LogP contribution in [0.5, 0.6) is 0 Å². The van der Waals surface area contributed by atoms with Crippen LogP contribution in [0, 0.1) is 17.0 Å². The van der Waals surface area contributed by atoms with Gasteiger partial charge in [-0.1, -0.05) is 11.6 Å². The predicted molar refractivity (Wildman–Crippen MR) is 71.4 cm³/mol. The molecule has 1 unspecified atom stereocenters. The van der Waals surface area contributed by atoms with Gasteiger partial charge in [-0.2, -0.15) is 0 Å². The number of nitro groups is 1. The van der Waals surface area contributed by atoms with Gasteiger partial charge in [0.25, 0.3) is 0 Å². The van der Waals surface area contributed by atoms with E-state index in [1.165, 1.54) is 12.1 Å². The van der Waals surface area contributed by atoms with Gasteiger partial charge in [-0.3, -0.25) is 10.1 Å². The van der Waals surface area contributed by atoms with Crippen molar-refractivity contribution in [3.8, 4) is 0 Å². The molecule has 0 amide bonds. The molecule has 0 saturated heterocycles. The van der Waals surface area contributed by atoms with Gasteiger partial charge in [0.15, 0.2) is 0 Å². The Kier molecular flexibility index (Phi) is 3.71. The van der Waals surface area contributed by atoms with Crippen LogP contribution in [0.1, 0.15) is 24.5 Å². The molecule has 19 heavy (non-hydrogen) atoms. The third-order valence-electron chi connectivity index (χ3n) is 2.58. The summed E-state index contributed by atoms with van der Waals surface area (Å²) in [6.45, 7) is 3.65. The van der Waals surface area contributed by atoms with Crippen molar-refractivity contribution in [2.24, 2.45) is 0 Å². The van der Waals surface area contributed by atoms with Crippen molar-refractivity contribution in [1.82, 2.24) is 4.98 Å². The minimum absolute atomic E-state index is 0.124. The van der Waals surface area contributed by atoms with Crippen LogP contribution < -0.4 is 5.32 Å². The van der Waals surface area contributed by atoms with Gasteiger partial charge in [0.1, 0.15) is 16.7 Å². The van der Waals surface area contributed by atoms with E-state index in [-0.39, 0.29) is 22.7 Å². The summed E-state index contributed by atoms with van der Waals surface area (Å²) in [6.07, 6.45) is 0. The van der Waals surface area contributed by atoms with Crippen molar-refractivity contribution in [2.45, 2.75) is 19.9 Å². The number of nitrogens with one attached hydrogen (secondary N) is 1. The molecular formula is C12H12ClN3O3. The summed E-state index contributed by atoms with van der Waals surface area (Å²) in [6, 6.07) is 6.08. The fourth-order valence-corrected chi connectivity index (χ4v) is 1.79. The third kappa shape index (κ3) is 3.03. The summed E-state index contributed by atoms with van der Waals surface area (Å²) in [5.41, 5.74) is -0.125. The molecule has 100 valence electrons. The van der Waals surface area contributed by atoms with Gasteiger partial charge in [0.05, 0.1) is 11.0 Å². The summed E-state index contributed by atoms with van der Waals surface area (Å²) >= 11 is 5.76. The monoisotopic (exact) mass is 281 g/mol. The Morgan fingerprint density at radius 3 is 2.74 bits per heavy atom. The maximum atomic E-state index is 10.9. The second kappa shape index (κ2) is 5.27. The molecule has 0 aliphatic carbocycles. The Bertz CT molecular complexity index is 612. The number of halogens is 1. The Morgan fingerprint density at radius 1 is 1.42 bits per heavy atom. The first-order chi connectivity index (χ1) is 8.97. The first-order valence-corrected chi connectivity index (χ1v) is 5.99. The molecule has 0 fully saturated rings. The molecule has 0 bridgehead atoms. The fourth-order valence-electron chi connectivity index (χ4n) is 1.64. The number of furan rings is 1. The van der Waals surface area contributed by atoms with Gasteiger partial charge in [-0.25, -0.2) is 4.98 Å². The maximum absolute atomic E-state index is 10.9. The lowest BCUT2D eigenvalue weighted by molar-refractivity contribution is -0.384. The van der Waals surface area contributed by atoms with Crippen LogP contribution in [0.3, 0.4) is 0 Å². The van der Waals surface area contributed by atoms with Crippen LogP contribution in [-0.4, -0.2) is 9.91 Å². The lowest BCUT2D eigenvalue weighted by atomic mass is 10.2. The maximum Gasteiger partial charge on any atom is 0.311 e. The van der Waals surface area contributed by atoms with Crippen LogP contribution in [0.25, 0.3) is 0 Å². The molecule has 6 nitrogen and oxygen atoms in total. The number of hydrogen-bond donors (Lipinski definition) is 1. The predicted octanol–water partition coefficient (Wildman–Crippen LogP) is 3.72. The van der Waals surface area contributed by atoms with Crippen molar-refractivity contribution >= 4 is 23.1 Å². The summed E-state index contributed by atoms with van der Waals surface area (Å²) in [7, 11) is 0. The SMILES string of the molecule is Cc1ccc(C(C)Nc2nc(Cl)ccc2[N+](=O)[O-])o1. The topological polar surface area (TPSA) is 81.2 Å². The molecular weight excluding hydrogens is 270 g/mol. The van der Waals surface area contributed by atoms with E-state index >= 15 is 0 Å². The molecule has 1 N–H and O–H groups in total. The molecule has 2 rings (SSSR count). The highest BCUT2D eigenvalue weighted by molar-refractivity contribution is 6.29. The standard InChI is InChI=1S/C12H12ClN3O3/c1-7-3-5-10(19-7)8(2)14-12-9(16(17)18)4-6-11(13)15-12/h3-6,8H,1-2H3,(H,14,15). The van der Waals surface area contributed by atoms with E-state index in [1.807, 2.05) is 26.0 Å². The molecule has 0 spiro atoms. The minimum atomic E-state index is -0.508. The van der Waals surface area contributed by atoms with Crippen molar-refractivity contribution in [3.05, 3.63) is 51.1 Å². The Morgan fingerprint density at radius 2 is 2.16 bits per heavy atom. The summed E-state index contributed by atoms with van der Waals surface area (Å²) in [5.74, 6) is 1.57. The van der Waals surface area contributed by atoms with Crippen LogP contribution in [-0.2, 0) is 0 Å². The second-order valence-corrected chi connectivity index (χ2v) is 4.46. The van der Waals surface area contributed by atoms with Gasteiger partial charge >= 0.3 is 5.69 Å². The number of aromatic nitrogens is 1. The summed E-state index contributed by atoms with van der Waals surface area (Å²) < 4.78 is 5.45. The second-order valence-electron chi connectivity index (χ2n) is 4.07. The molecule has 0 saturated carbocycles.